The molecule has 2 N–H and O–H groups in total. The zero-order chi connectivity index (χ0) is 5.70. The molecule has 0 radical (unpaired) electrons. The van der Waals surface area contributed by atoms with E-state index in [0.29, 0.717) is 6.54 Å². The molecule has 0 amide bonds. The first-order valence-corrected chi connectivity index (χ1v) is 2.27. The molecule has 0 heterocycles. The van der Waals surface area contributed by atoms with E-state index in [4.69, 9.17) is 0 Å². The van der Waals surface area contributed by atoms with Gasteiger partial charge >= 0.3 is 0 Å². The van der Waals surface area contributed by atoms with Gasteiger partial charge in [-0.15, -0.1) is 0 Å². The van der Waals surface area contributed by atoms with Crippen molar-refractivity contribution in [3.8, 4) is 0 Å². The summed E-state index contributed by atoms with van der Waals surface area (Å²) in [6, 6.07) is 0. The fourth-order valence-electron chi connectivity index (χ4n) is 0.281. The zero-order valence-corrected chi connectivity index (χ0v) is 4.66. The van der Waals surface area contributed by atoms with E-state index in [9.17, 15) is 4.39 Å². The molecule has 0 spiro atoms. The van der Waals surface area contributed by atoms with Gasteiger partial charge in [0.1, 0.15) is 0 Å². The second-order valence-electron chi connectivity index (χ2n) is 1.31. The molecular weight excluding hydrogens is 95.1 g/mol. The topological polar surface area (TPSA) is 24.1 Å². The highest BCUT2D eigenvalue weighted by atomic mass is 19.1. The average Bonchev–Trinajstić information content (AvgIpc) is 1.68. The highest BCUT2D eigenvalue weighted by Gasteiger charge is 1.95. The molecule has 0 saturated heterocycles. The van der Waals surface area contributed by atoms with Crippen LogP contribution in [0.15, 0.2) is 0 Å². The van der Waals surface area contributed by atoms with Crippen LogP contribution in [0, 0.1) is 0 Å². The second-order valence-corrected chi connectivity index (χ2v) is 1.31. The fourth-order valence-corrected chi connectivity index (χ4v) is 0.281. The molecule has 0 aromatic heterocycles. The third kappa shape index (κ3) is 3.69. The average molecular weight is 106 g/mol. The van der Waals surface area contributed by atoms with Gasteiger partial charge in [-0.05, 0) is 14.1 Å². The van der Waals surface area contributed by atoms with Crippen LogP contribution in [0.3, 0.4) is 0 Å². The normalized spacial score (nSPS) is 14.1. The van der Waals surface area contributed by atoms with Crippen LogP contribution < -0.4 is 10.6 Å². The molecule has 0 aliphatic rings. The molecule has 0 rings (SSSR count). The molecule has 1 atom stereocenters. The first-order chi connectivity index (χ1) is 3.31. The number of likely N-dealkylation sites (N-methyl/N-ethyl adjacent to an activating group) is 2. The molecule has 44 valence electrons. The number of rotatable bonds is 3. The van der Waals surface area contributed by atoms with Crippen LogP contribution >= 0.6 is 0 Å². The Labute approximate surface area is 43.1 Å². The summed E-state index contributed by atoms with van der Waals surface area (Å²) >= 11 is 0. The summed E-state index contributed by atoms with van der Waals surface area (Å²) < 4.78 is 12.0. The maximum atomic E-state index is 12.0. The van der Waals surface area contributed by atoms with Crippen LogP contribution in [0.25, 0.3) is 0 Å². The lowest BCUT2D eigenvalue weighted by Crippen LogP contribution is -2.30. The van der Waals surface area contributed by atoms with Crippen LogP contribution in [0.5, 0.6) is 0 Å². The van der Waals surface area contributed by atoms with Crippen LogP contribution in [-0.2, 0) is 0 Å². The number of hydrogen-bond donors (Lipinski definition) is 2. The van der Waals surface area contributed by atoms with Gasteiger partial charge in [-0.1, -0.05) is 0 Å². The summed E-state index contributed by atoms with van der Waals surface area (Å²) in [6.45, 7) is 0.372. The Hall–Kier alpha value is -0.150. The first kappa shape index (κ1) is 6.85. The third-order valence-electron chi connectivity index (χ3n) is 0.697. The Morgan fingerprint density at radius 2 is 2.14 bits per heavy atom. The van der Waals surface area contributed by atoms with Crippen molar-refractivity contribution < 1.29 is 4.39 Å². The van der Waals surface area contributed by atoms with Crippen molar-refractivity contribution in [2.75, 3.05) is 20.6 Å². The van der Waals surface area contributed by atoms with Crippen LogP contribution in [0.2, 0.25) is 0 Å². The molecule has 2 nitrogen and oxygen atoms in total. The third-order valence-corrected chi connectivity index (χ3v) is 0.697. The van der Waals surface area contributed by atoms with Crippen LogP contribution in [-0.4, -0.2) is 26.9 Å². The summed E-state index contributed by atoms with van der Waals surface area (Å²) in [6.07, 6.45) is -0.912. The molecule has 0 aromatic carbocycles. The quantitative estimate of drug-likeness (QED) is 0.483. The Balaban J connectivity index is 2.83. The lowest BCUT2D eigenvalue weighted by atomic mass is 10.6. The van der Waals surface area contributed by atoms with Gasteiger partial charge in [0.2, 0.25) is 0 Å². The SMILES string of the molecule is CNCC(F)NC. The minimum absolute atomic E-state index is 0.372. The highest BCUT2D eigenvalue weighted by Crippen LogP contribution is 1.75. The predicted molar refractivity (Wildman–Crippen MR) is 27.9 cm³/mol. The maximum absolute atomic E-state index is 12.0. The molecule has 1 unspecified atom stereocenters. The molecule has 0 aliphatic heterocycles. The van der Waals surface area contributed by atoms with Crippen molar-refractivity contribution in [1.29, 1.82) is 0 Å². The fraction of sp³-hybridized carbons (Fsp3) is 1.00. The Morgan fingerprint density at radius 1 is 1.57 bits per heavy atom. The lowest BCUT2D eigenvalue weighted by molar-refractivity contribution is 0.286. The summed E-state index contributed by atoms with van der Waals surface area (Å²) in [5, 5.41) is 5.12. The minimum atomic E-state index is -0.912. The molecule has 0 saturated carbocycles. The standard InChI is InChI=1S/C4H11FN2/c1-6-3-4(5)7-2/h4,6-7H,3H2,1-2H3. The number of hydrogen-bond acceptors (Lipinski definition) is 2. The molecule has 0 bridgehead atoms. The van der Waals surface area contributed by atoms with Gasteiger partial charge in [-0.2, -0.15) is 0 Å². The van der Waals surface area contributed by atoms with Gasteiger partial charge in [0.05, 0.1) is 0 Å². The molecule has 0 aliphatic carbocycles. The van der Waals surface area contributed by atoms with E-state index in [-0.39, 0.29) is 0 Å². The summed E-state index contributed by atoms with van der Waals surface area (Å²) in [5.74, 6) is 0. The van der Waals surface area contributed by atoms with Crippen molar-refractivity contribution >= 4 is 0 Å². The van der Waals surface area contributed by atoms with E-state index in [2.05, 4.69) is 10.6 Å². The van der Waals surface area contributed by atoms with Gasteiger partial charge in [-0.3, -0.25) is 5.32 Å². The molecular formula is C4H11FN2. The van der Waals surface area contributed by atoms with E-state index in [1.807, 2.05) is 0 Å². The molecule has 0 aromatic rings. The second kappa shape index (κ2) is 4.02. The van der Waals surface area contributed by atoms with Gasteiger partial charge in [0.25, 0.3) is 0 Å². The van der Waals surface area contributed by atoms with Gasteiger partial charge in [0, 0.05) is 6.54 Å². The smallest absolute Gasteiger partial charge is 0.163 e. The summed E-state index contributed by atoms with van der Waals surface area (Å²) in [5.41, 5.74) is 0. The van der Waals surface area contributed by atoms with Crippen LogP contribution in [0.1, 0.15) is 0 Å². The summed E-state index contributed by atoms with van der Waals surface area (Å²) in [4.78, 5) is 0. The van der Waals surface area contributed by atoms with Crippen molar-refractivity contribution in [1.82, 2.24) is 10.6 Å². The molecule has 7 heavy (non-hydrogen) atoms. The predicted octanol–water partition coefficient (Wildman–Crippen LogP) is -0.279. The zero-order valence-electron chi connectivity index (χ0n) is 4.66. The Kier molecular flexibility index (Phi) is 3.93. The monoisotopic (exact) mass is 106 g/mol. The van der Waals surface area contributed by atoms with E-state index >= 15 is 0 Å². The Bertz CT molecular complexity index is 40.7. The summed E-state index contributed by atoms with van der Waals surface area (Å²) in [7, 11) is 3.30. The van der Waals surface area contributed by atoms with E-state index in [0.717, 1.165) is 0 Å². The van der Waals surface area contributed by atoms with Gasteiger partial charge < -0.3 is 5.32 Å². The van der Waals surface area contributed by atoms with Crippen molar-refractivity contribution in [3.63, 3.8) is 0 Å². The van der Waals surface area contributed by atoms with Crippen molar-refractivity contribution in [3.05, 3.63) is 0 Å². The van der Waals surface area contributed by atoms with Crippen molar-refractivity contribution in [2.45, 2.75) is 6.30 Å². The largest absolute Gasteiger partial charge is 0.316 e. The van der Waals surface area contributed by atoms with E-state index in [1.54, 1.807) is 14.1 Å². The number of nitrogens with one attached hydrogen (secondary N) is 2. The minimum Gasteiger partial charge on any atom is -0.316 e. The molecule has 3 heteroatoms. The highest BCUT2D eigenvalue weighted by molar-refractivity contribution is 4.48. The van der Waals surface area contributed by atoms with Crippen molar-refractivity contribution in [2.24, 2.45) is 0 Å². The lowest BCUT2D eigenvalue weighted by Gasteiger charge is -2.02. The molecule has 0 fully saturated rings. The Morgan fingerprint density at radius 3 is 2.29 bits per heavy atom. The van der Waals surface area contributed by atoms with Gasteiger partial charge in [-0.25, -0.2) is 4.39 Å². The first-order valence-electron chi connectivity index (χ1n) is 2.27. The van der Waals surface area contributed by atoms with Crippen LogP contribution in [0.4, 0.5) is 4.39 Å². The maximum Gasteiger partial charge on any atom is 0.163 e. The number of alkyl halides is 1. The van der Waals surface area contributed by atoms with Gasteiger partial charge in [0.15, 0.2) is 6.30 Å². The van der Waals surface area contributed by atoms with E-state index in [1.165, 1.54) is 0 Å². The van der Waals surface area contributed by atoms with E-state index < -0.39 is 6.30 Å². The number of halogens is 1.